The van der Waals surface area contributed by atoms with E-state index in [1.807, 2.05) is 36.2 Å². The molecule has 1 aliphatic heterocycles. The molecular weight excluding hydrogens is 324 g/mol. The monoisotopic (exact) mass is 346 g/mol. The molecule has 0 spiro atoms. The number of pyridine rings is 1. The van der Waals surface area contributed by atoms with Gasteiger partial charge in [0, 0.05) is 37.1 Å². The Hall–Kier alpha value is -2.82. The first-order valence-electron chi connectivity index (χ1n) is 9.10. The van der Waals surface area contributed by atoms with Crippen molar-refractivity contribution >= 4 is 16.8 Å². The lowest BCUT2D eigenvalue weighted by molar-refractivity contribution is 0.0672. The van der Waals surface area contributed by atoms with Gasteiger partial charge in [-0.2, -0.15) is 0 Å². The molecule has 3 aromatic rings. The van der Waals surface area contributed by atoms with Crippen LogP contribution >= 0.6 is 0 Å². The van der Waals surface area contributed by atoms with Crippen molar-refractivity contribution in [3.8, 4) is 0 Å². The molecule has 26 heavy (non-hydrogen) atoms. The Bertz CT molecular complexity index is 923. The zero-order chi connectivity index (χ0) is 17.9. The van der Waals surface area contributed by atoms with Crippen molar-refractivity contribution in [2.45, 2.75) is 26.2 Å². The Kier molecular flexibility index (Phi) is 4.61. The maximum absolute atomic E-state index is 12.7. The first-order valence-corrected chi connectivity index (χ1v) is 9.10. The fourth-order valence-electron chi connectivity index (χ4n) is 3.66. The van der Waals surface area contributed by atoms with E-state index in [1.165, 1.54) is 10.9 Å². The fourth-order valence-corrected chi connectivity index (χ4v) is 3.66. The molecule has 1 atom stereocenters. The summed E-state index contributed by atoms with van der Waals surface area (Å²) in [5, 5.41) is 1.17. The van der Waals surface area contributed by atoms with E-state index in [4.69, 9.17) is 0 Å². The van der Waals surface area contributed by atoms with Crippen LogP contribution in [0.4, 0.5) is 0 Å². The van der Waals surface area contributed by atoms with Gasteiger partial charge in [0.2, 0.25) is 0 Å². The Balaban J connectivity index is 1.45. The summed E-state index contributed by atoms with van der Waals surface area (Å²) in [6.45, 7) is 3.40. The molecule has 0 saturated carbocycles. The summed E-state index contributed by atoms with van der Waals surface area (Å²) < 4.78 is 0. The predicted molar refractivity (Wildman–Crippen MR) is 101 cm³/mol. The van der Waals surface area contributed by atoms with Gasteiger partial charge in [0.05, 0.1) is 11.1 Å². The molecule has 132 valence electrons. The minimum absolute atomic E-state index is 0.0336. The fraction of sp³-hybridized carbons (Fsp3) is 0.333. The van der Waals surface area contributed by atoms with E-state index in [2.05, 4.69) is 27.1 Å². The van der Waals surface area contributed by atoms with Gasteiger partial charge in [0.15, 0.2) is 0 Å². The maximum Gasteiger partial charge on any atom is 0.256 e. The third kappa shape index (κ3) is 3.57. The number of para-hydroxylation sites is 1. The lowest BCUT2D eigenvalue weighted by Gasteiger charge is -2.32. The van der Waals surface area contributed by atoms with Gasteiger partial charge in [-0.3, -0.25) is 9.78 Å². The number of amides is 1. The highest BCUT2D eigenvalue weighted by molar-refractivity contribution is 5.93. The lowest BCUT2D eigenvalue weighted by Crippen LogP contribution is -2.40. The molecule has 1 aliphatic rings. The van der Waals surface area contributed by atoms with Gasteiger partial charge >= 0.3 is 0 Å². The molecule has 5 heteroatoms. The Morgan fingerprint density at radius 3 is 2.81 bits per heavy atom. The van der Waals surface area contributed by atoms with Crippen LogP contribution in [-0.2, 0) is 6.42 Å². The number of likely N-dealkylation sites (tertiary alicyclic amines) is 1. The van der Waals surface area contributed by atoms with Gasteiger partial charge < -0.3 is 4.90 Å². The molecule has 4 rings (SSSR count). The zero-order valence-corrected chi connectivity index (χ0v) is 14.9. The van der Waals surface area contributed by atoms with Gasteiger partial charge in [0.1, 0.15) is 5.82 Å². The number of hydrogen-bond acceptors (Lipinski definition) is 4. The first kappa shape index (κ1) is 16.6. The Morgan fingerprint density at radius 1 is 1.15 bits per heavy atom. The van der Waals surface area contributed by atoms with E-state index in [9.17, 15) is 4.79 Å². The van der Waals surface area contributed by atoms with Gasteiger partial charge in [-0.25, -0.2) is 9.97 Å². The standard InChI is InChI=1S/C21H22N4O/c1-15-22-12-19(13-23-15)21(26)25-8-4-5-16(14-25)9-17-10-18-6-2-3-7-20(18)24-11-17/h2-3,6-7,10-13,16H,4-5,8-9,14H2,1H3/t16-/m1/s1. The van der Waals surface area contributed by atoms with Crippen LogP contribution in [0.3, 0.4) is 0 Å². The highest BCUT2D eigenvalue weighted by Gasteiger charge is 2.25. The largest absolute Gasteiger partial charge is 0.338 e. The minimum Gasteiger partial charge on any atom is -0.338 e. The summed E-state index contributed by atoms with van der Waals surface area (Å²) in [5.74, 6) is 1.18. The van der Waals surface area contributed by atoms with Crippen molar-refractivity contribution in [3.63, 3.8) is 0 Å². The molecule has 2 aromatic heterocycles. The quantitative estimate of drug-likeness (QED) is 0.729. The van der Waals surface area contributed by atoms with Crippen LogP contribution in [0.5, 0.6) is 0 Å². The normalized spacial score (nSPS) is 17.4. The van der Waals surface area contributed by atoms with Crippen molar-refractivity contribution in [2.24, 2.45) is 5.92 Å². The highest BCUT2D eigenvalue weighted by Crippen LogP contribution is 2.23. The second-order valence-corrected chi connectivity index (χ2v) is 7.02. The van der Waals surface area contributed by atoms with E-state index in [-0.39, 0.29) is 5.91 Å². The third-order valence-corrected chi connectivity index (χ3v) is 5.01. The lowest BCUT2D eigenvalue weighted by atomic mass is 9.91. The number of nitrogens with zero attached hydrogens (tertiary/aromatic N) is 4. The number of carbonyl (C=O) groups excluding carboxylic acids is 1. The predicted octanol–water partition coefficient (Wildman–Crippen LogP) is 3.43. The summed E-state index contributed by atoms with van der Waals surface area (Å²) in [6.07, 6.45) is 8.34. The van der Waals surface area contributed by atoms with Crippen LogP contribution in [0.2, 0.25) is 0 Å². The van der Waals surface area contributed by atoms with E-state index < -0.39 is 0 Å². The minimum atomic E-state index is 0.0336. The number of piperidine rings is 1. The molecule has 1 amide bonds. The van der Waals surface area contributed by atoms with Crippen LogP contribution in [0.25, 0.3) is 10.9 Å². The molecule has 0 unspecified atom stereocenters. The van der Waals surface area contributed by atoms with E-state index >= 15 is 0 Å². The van der Waals surface area contributed by atoms with E-state index in [0.717, 1.165) is 37.9 Å². The number of hydrogen-bond donors (Lipinski definition) is 0. The molecule has 1 saturated heterocycles. The summed E-state index contributed by atoms with van der Waals surface area (Å²) in [5.41, 5.74) is 2.83. The van der Waals surface area contributed by atoms with Gasteiger partial charge in [0.25, 0.3) is 5.91 Å². The maximum atomic E-state index is 12.7. The molecule has 3 heterocycles. The second kappa shape index (κ2) is 7.20. The van der Waals surface area contributed by atoms with Crippen LogP contribution in [0, 0.1) is 12.8 Å². The number of aryl methyl sites for hydroxylation is 1. The van der Waals surface area contributed by atoms with Crippen molar-refractivity contribution in [1.82, 2.24) is 19.9 Å². The number of rotatable bonds is 3. The van der Waals surface area contributed by atoms with Crippen molar-refractivity contribution in [3.05, 3.63) is 65.9 Å². The van der Waals surface area contributed by atoms with E-state index in [1.54, 1.807) is 12.4 Å². The first-order chi connectivity index (χ1) is 12.7. The van der Waals surface area contributed by atoms with Gasteiger partial charge in [-0.15, -0.1) is 0 Å². The third-order valence-electron chi connectivity index (χ3n) is 5.01. The second-order valence-electron chi connectivity index (χ2n) is 7.02. The molecule has 1 fully saturated rings. The highest BCUT2D eigenvalue weighted by atomic mass is 16.2. The van der Waals surface area contributed by atoms with E-state index in [0.29, 0.717) is 17.3 Å². The summed E-state index contributed by atoms with van der Waals surface area (Å²) in [7, 11) is 0. The van der Waals surface area contributed by atoms with Gasteiger partial charge in [-0.05, 0) is 49.8 Å². The SMILES string of the molecule is Cc1ncc(C(=O)N2CCC[C@H](Cc3cnc4ccccc4c3)C2)cn1. The average molecular weight is 346 g/mol. The number of fused-ring (bicyclic) bond motifs is 1. The molecule has 0 bridgehead atoms. The Morgan fingerprint density at radius 2 is 1.96 bits per heavy atom. The van der Waals surface area contributed by atoms with Crippen LogP contribution in [0.1, 0.15) is 34.6 Å². The number of benzene rings is 1. The van der Waals surface area contributed by atoms with Gasteiger partial charge in [-0.1, -0.05) is 18.2 Å². The molecule has 0 N–H and O–H groups in total. The molecule has 5 nitrogen and oxygen atoms in total. The average Bonchev–Trinajstić information content (AvgIpc) is 2.68. The van der Waals surface area contributed by atoms with Crippen LogP contribution in [-0.4, -0.2) is 38.8 Å². The summed E-state index contributed by atoms with van der Waals surface area (Å²) in [4.78, 5) is 27.5. The van der Waals surface area contributed by atoms with Crippen LogP contribution < -0.4 is 0 Å². The summed E-state index contributed by atoms with van der Waals surface area (Å²) in [6, 6.07) is 10.4. The van der Waals surface area contributed by atoms with Crippen molar-refractivity contribution in [2.75, 3.05) is 13.1 Å². The zero-order valence-electron chi connectivity index (χ0n) is 14.9. The molecule has 0 radical (unpaired) electrons. The van der Waals surface area contributed by atoms with Crippen LogP contribution in [0.15, 0.2) is 48.9 Å². The Labute approximate surface area is 153 Å². The molecule has 0 aliphatic carbocycles. The number of aromatic nitrogens is 3. The topological polar surface area (TPSA) is 59.0 Å². The van der Waals surface area contributed by atoms with Crippen molar-refractivity contribution in [1.29, 1.82) is 0 Å². The van der Waals surface area contributed by atoms with Crippen molar-refractivity contribution < 1.29 is 4.79 Å². The smallest absolute Gasteiger partial charge is 0.256 e. The molecule has 1 aromatic carbocycles. The number of carbonyl (C=O) groups is 1. The molecular formula is C21H22N4O. The summed E-state index contributed by atoms with van der Waals surface area (Å²) >= 11 is 0.